The maximum absolute atomic E-state index is 14.7. The van der Waals surface area contributed by atoms with E-state index in [0.717, 1.165) is 24.0 Å². The molecular weight excluding hydrogens is 388 g/mol. The molecule has 0 heterocycles. The summed E-state index contributed by atoms with van der Waals surface area (Å²) in [6.45, 7) is 18.1. The Labute approximate surface area is 187 Å². The summed E-state index contributed by atoms with van der Waals surface area (Å²) in [4.78, 5) is 0. The van der Waals surface area contributed by atoms with E-state index in [1.165, 1.54) is 12.1 Å². The van der Waals surface area contributed by atoms with Crippen molar-refractivity contribution >= 4 is 0 Å². The summed E-state index contributed by atoms with van der Waals surface area (Å²) in [5, 5.41) is 9.75. The van der Waals surface area contributed by atoms with Crippen LogP contribution >= 0.6 is 0 Å². The lowest BCUT2D eigenvalue weighted by atomic mass is 9.74. The molecule has 1 atom stereocenters. The van der Waals surface area contributed by atoms with Crippen LogP contribution in [0.4, 0.5) is 8.78 Å². The number of rotatable bonds is 5. The van der Waals surface area contributed by atoms with E-state index in [0.29, 0.717) is 11.1 Å². The number of benzene rings is 2. The van der Waals surface area contributed by atoms with Crippen LogP contribution in [0.2, 0.25) is 0 Å². The van der Waals surface area contributed by atoms with Crippen LogP contribution in [0.25, 0.3) is 0 Å². The van der Waals surface area contributed by atoms with Crippen LogP contribution in [0.5, 0.6) is 0 Å². The van der Waals surface area contributed by atoms with Gasteiger partial charge in [0.25, 0.3) is 0 Å². The summed E-state index contributed by atoms with van der Waals surface area (Å²) in [5.74, 6) is -0.937. The minimum atomic E-state index is -0.579. The highest BCUT2D eigenvalue weighted by Crippen LogP contribution is 2.37. The zero-order chi connectivity index (χ0) is 23.8. The van der Waals surface area contributed by atoms with Crippen molar-refractivity contribution in [3.63, 3.8) is 0 Å². The van der Waals surface area contributed by atoms with Gasteiger partial charge < -0.3 is 0 Å². The van der Waals surface area contributed by atoms with Gasteiger partial charge >= 0.3 is 0 Å². The standard InChI is InChI=1S/C28H37F2N/c1-18(19-15-23(29)25(24(30)16-19)27(5,6)7)12-13-28(8,9)22-11-10-21(26(2,3)4)14-20(22)17-31/h10-11,14-16,18H,12-13H2,1-9H3. The van der Waals surface area contributed by atoms with Crippen LogP contribution in [-0.4, -0.2) is 0 Å². The van der Waals surface area contributed by atoms with Crippen molar-refractivity contribution in [3.8, 4) is 6.07 Å². The molecule has 2 rings (SSSR count). The van der Waals surface area contributed by atoms with E-state index in [1.54, 1.807) is 0 Å². The average Bonchev–Trinajstić information content (AvgIpc) is 2.63. The molecule has 3 heteroatoms. The van der Waals surface area contributed by atoms with Gasteiger partial charge in [-0.15, -0.1) is 0 Å². The highest BCUT2D eigenvalue weighted by atomic mass is 19.1. The van der Waals surface area contributed by atoms with E-state index in [1.807, 2.05) is 33.8 Å². The molecule has 1 nitrogen and oxygen atoms in total. The molecule has 0 spiro atoms. The van der Waals surface area contributed by atoms with Crippen LogP contribution in [0.15, 0.2) is 30.3 Å². The third-order valence-corrected chi connectivity index (χ3v) is 6.32. The lowest BCUT2D eigenvalue weighted by molar-refractivity contribution is 0.434. The molecule has 2 aromatic carbocycles. The second-order valence-corrected chi connectivity index (χ2v) is 11.6. The van der Waals surface area contributed by atoms with E-state index in [4.69, 9.17) is 0 Å². The van der Waals surface area contributed by atoms with E-state index in [2.05, 4.69) is 52.8 Å². The molecule has 0 saturated carbocycles. The van der Waals surface area contributed by atoms with Crippen molar-refractivity contribution in [2.24, 2.45) is 0 Å². The Hall–Kier alpha value is -2.21. The maximum Gasteiger partial charge on any atom is 0.130 e. The van der Waals surface area contributed by atoms with Crippen molar-refractivity contribution in [1.29, 1.82) is 5.26 Å². The van der Waals surface area contributed by atoms with Crippen LogP contribution < -0.4 is 0 Å². The summed E-state index contributed by atoms with van der Waals surface area (Å²) >= 11 is 0. The molecule has 0 aromatic heterocycles. The number of nitrogens with zero attached hydrogens (tertiary/aromatic N) is 1. The molecule has 0 aliphatic rings. The Bertz CT molecular complexity index is 959. The molecule has 0 amide bonds. The highest BCUT2D eigenvalue weighted by molar-refractivity contribution is 5.46. The molecule has 0 radical (unpaired) electrons. The van der Waals surface area contributed by atoms with Crippen LogP contribution in [0, 0.1) is 23.0 Å². The molecule has 0 aliphatic heterocycles. The van der Waals surface area contributed by atoms with Crippen molar-refractivity contribution in [3.05, 3.63) is 69.8 Å². The van der Waals surface area contributed by atoms with E-state index >= 15 is 0 Å². The van der Waals surface area contributed by atoms with Crippen molar-refractivity contribution in [1.82, 2.24) is 0 Å². The largest absolute Gasteiger partial charge is 0.207 e. The third kappa shape index (κ3) is 5.73. The number of hydrogen-bond donors (Lipinski definition) is 0. The van der Waals surface area contributed by atoms with Gasteiger partial charge in [0.1, 0.15) is 11.6 Å². The first-order valence-electron chi connectivity index (χ1n) is 11.1. The normalized spacial score (nSPS) is 13.7. The molecule has 0 fully saturated rings. The summed E-state index contributed by atoms with van der Waals surface area (Å²) in [5.41, 5.74) is 2.87. The Morgan fingerprint density at radius 1 is 0.871 bits per heavy atom. The molecule has 1 unspecified atom stereocenters. The fourth-order valence-electron chi connectivity index (χ4n) is 4.17. The van der Waals surface area contributed by atoms with Crippen LogP contribution in [0.3, 0.4) is 0 Å². The molecule has 0 aliphatic carbocycles. The van der Waals surface area contributed by atoms with Crippen LogP contribution in [0.1, 0.15) is 109 Å². The highest BCUT2D eigenvalue weighted by Gasteiger charge is 2.28. The van der Waals surface area contributed by atoms with Gasteiger partial charge in [0.15, 0.2) is 0 Å². The van der Waals surface area contributed by atoms with Crippen molar-refractivity contribution in [2.75, 3.05) is 0 Å². The van der Waals surface area contributed by atoms with Gasteiger partial charge in [-0.1, -0.05) is 74.4 Å². The smallest absolute Gasteiger partial charge is 0.130 e. The maximum atomic E-state index is 14.7. The Morgan fingerprint density at radius 2 is 1.42 bits per heavy atom. The number of nitriles is 1. The lowest BCUT2D eigenvalue weighted by Gasteiger charge is -2.29. The summed E-state index contributed by atoms with van der Waals surface area (Å²) < 4.78 is 29.3. The van der Waals surface area contributed by atoms with Crippen molar-refractivity contribution in [2.45, 2.75) is 97.3 Å². The predicted octanol–water partition coefficient (Wildman–Crippen LogP) is 8.29. The first-order chi connectivity index (χ1) is 14.1. The van der Waals surface area contributed by atoms with E-state index < -0.39 is 17.0 Å². The molecule has 31 heavy (non-hydrogen) atoms. The minimum absolute atomic E-state index is 0.0108. The minimum Gasteiger partial charge on any atom is -0.207 e. The second-order valence-electron chi connectivity index (χ2n) is 11.6. The SMILES string of the molecule is CC(CCC(C)(C)c1ccc(C(C)(C)C)cc1C#N)c1cc(F)c(C(C)(C)C)c(F)c1. The Balaban J connectivity index is 2.25. The Morgan fingerprint density at radius 3 is 1.87 bits per heavy atom. The van der Waals surface area contributed by atoms with E-state index in [-0.39, 0.29) is 22.3 Å². The average molecular weight is 426 g/mol. The topological polar surface area (TPSA) is 23.8 Å². The fourth-order valence-corrected chi connectivity index (χ4v) is 4.17. The summed E-state index contributed by atoms with van der Waals surface area (Å²) in [6.07, 6.45) is 1.58. The second kappa shape index (κ2) is 8.73. The van der Waals surface area contributed by atoms with Crippen LogP contribution in [-0.2, 0) is 16.2 Å². The summed E-state index contributed by atoms with van der Waals surface area (Å²) in [6, 6.07) is 11.5. The summed E-state index contributed by atoms with van der Waals surface area (Å²) in [7, 11) is 0. The first kappa shape index (κ1) is 25.1. The first-order valence-corrected chi connectivity index (χ1v) is 11.1. The quantitative estimate of drug-likeness (QED) is 0.472. The predicted molar refractivity (Wildman–Crippen MR) is 126 cm³/mol. The van der Waals surface area contributed by atoms with Gasteiger partial charge in [0.2, 0.25) is 0 Å². The van der Waals surface area contributed by atoms with E-state index in [9.17, 15) is 14.0 Å². The molecule has 2 aromatic rings. The number of hydrogen-bond acceptors (Lipinski definition) is 1. The van der Waals surface area contributed by atoms with Gasteiger partial charge in [-0.2, -0.15) is 5.26 Å². The third-order valence-electron chi connectivity index (χ3n) is 6.32. The zero-order valence-electron chi connectivity index (χ0n) is 20.6. The fraction of sp³-hybridized carbons (Fsp3) is 0.536. The molecule has 0 saturated heterocycles. The molecule has 168 valence electrons. The lowest BCUT2D eigenvalue weighted by Crippen LogP contribution is -2.21. The van der Waals surface area contributed by atoms with Gasteiger partial charge in [0.05, 0.1) is 11.6 Å². The van der Waals surface area contributed by atoms with Gasteiger partial charge in [-0.05, 0) is 69.9 Å². The molecular formula is C28H37F2N. The van der Waals surface area contributed by atoms with Gasteiger partial charge in [0, 0.05) is 5.56 Å². The van der Waals surface area contributed by atoms with Gasteiger partial charge in [-0.3, -0.25) is 0 Å². The monoisotopic (exact) mass is 425 g/mol. The Kier molecular flexibility index (Phi) is 7.06. The molecule has 0 bridgehead atoms. The number of halogens is 2. The van der Waals surface area contributed by atoms with Crippen molar-refractivity contribution < 1.29 is 8.78 Å². The van der Waals surface area contributed by atoms with Gasteiger partial charge in [-0.25, -0.2) is 8.78 Å². The molecule has 0 N–H and O–H groups in total. The zero-order valence-corrected chi connectivity index (χ0v) is 20.6.